The van der Waals surface area contributed by atoms with E-state index in [9.17, 15) is 9.59 Å². The van der Waals surface area contributed by atoms with Gasteiger partial charge in [0.25, 0.3) is 5.56 Å². The zero-order valence-electron chi connectivity index (χ0n) is 12.3. The predicted molar refractivity (Wildman–Crippen MR) is 86.9 cm³/mol. The number of carbonyl (C=O) groups is 1. The largest absolute Gasteiger partial charge is 0.321 e. The van der Waals surface area contributed by atoms with E-state index in [1.807, 2.05) is 24.3 Å². The van der Waals surface area contributed by atoms with Crippen molar-refractivity contribution in [3.8, 4) is 0 Å². The Bertz CT molecular complexity index is 758. The minimum absolute atomic E-state index is 0.0480. The van der Waals surface area contributed by atoms with E-state index < -0.39 is 0 Å². The molecule has 2 N–H and O–H groups in total. The number of pyridine rings is 1. The molecular formula is C17H19N3O2. The minimum Gasteiger partial charge on any atom is -0.321 e. The average molecular weight is 297 g/mol. The maximum absolute atomic E-state index is 12.0. The number of amides is 1. The molecule has 1 saturated carbocycles. The van der Waals surface area contributed by atoms with E-state index in [-0.39, 0.29) is 17.4 Å². The highest BCUT2D eigenvalue weighted by atomic mass is 16.2. The van der Waals surface area contributed by atoms with Crippen LogP contribution in [0.2, 0.25) is 0 Å². The van der Waals surface area contributed by atoms with Crippen LogP contribution in [0.3, 0.4) is 0 Å². The topological polar surface area (TPSA) is 74.3 Å². The Morgan fingerprint density at radius 3 is 2.82 bits per heavy atom. The highest BCUT2D eigenvalue weighted by molar-refractivity contribution is 5.88. The Balaban J connectivity index is 1.71. The molecule has 1 aromatic carbocycles. The third-order valence-electron chi connectivity index (χ3n) is 4.14. The number of nitrogens with one attached hydrogen (secondary N) is 2. The summed E-state index contributed by atoms with van der Waals surface area (Å²) in [5, 5.41) is 4.87. The van der Waals surface area contributed by atoms with E-state index in [0.29, 0.717) is 5.56 Å². The molecule has 0 atom stereocenters. The number of benzene rings is 1. The number of hydrazone groups is 1. The van der Waals surface area contributed by atoms with Crippen LogP contribution < -0.4 is 11.0 Å². The van der Waals surface area contributed by atoms with Crippen molar-refractivity contribution in [2.24, 2.45) is 11.0 Å². The quantitative estimate of drug-likeness (QED) is 0.675. The lowest BCUT2D eigenvalue weighted by atomic mass is 9.89. The minimum atomic E-state index is -0.214. The molecule has 1 aliphatic carbocycles. The summed E-state index contributed by atoms with van der Waals surface area (Å²) in [4.78, 5) is 26.7. The Labute approximate surface area is 128 Å². The van der Waals surface area contributed by atoms with Crippen LogP contribution in [-0.2, 0) is 4.79 Å². The fourth-order valence-corrected chi connectivity index (χ4v) is 2.88. The molecule has 0 aliphatic heterocycles. The van der Waals surface area contributed by atoms with E-state index in [2.05, 4.69) is 15.5 Å². The number of para-hydroxylation sites is 1. The van der Waals surface area contributed by atoms with Gasteiger partial charge >= 0.3 is 0 Å². The number of aromatic nitrogens is 1. The van der Waals surface area contributed by atoms with Crippen LogP contribution >= 0.6 is 0 Å². The standard InChI is InChI=1S/C17H19N3O2/c21-16-14(10-13-8-4-5-9-15(13)19-16)11-18-20-17(22)12-6-2-1-3-7-12/h4-5,8-12H,1-3,6-7H2,(H,19,21)(H,20,22)/b18-11+. The van der Waals surface area contributed by atoms with Crippen molar-refractivity contribution in [3.63, 3.8) is 0 Å². The molecule has 0 spiro atoms. The van der Waals surface area contributed by atoms with Crippen molar-refractivity contribution >= 4 is 23.0 Å². The van der Waals surface area contributed by atoms with Gasteiger partial charge in [-0.25, -0.2) is 5.43 Å². The normalized spacial score (nSPS) is 16.2. The lowest BCUT2D eigenvalue weighted by Gasteiger charge is -2.19. The number of hydrogen-bond acceptors (Lipinski definition) is 3. The SMILES string of the molecule is O=C(N/N=C/c1cc2ccccc2[nH]c1=O)C1CCCCC1. The first kappa shape index (κ1) is 14.5. The predicted octanol–water partition coefficient (Wildman–Crippen LogP) is 2.56. The van der Waals surface area contributed by atoms with Gasteiger partial charge in [0, 0.05) is 11.4 Å². The molecule has 1 fully saturated rings. The lowest BCUT2D eigenvalue weighted by molar-refractivity contribution is -0.125. The fraction of sp³-hybridized carbons (Fsp3) is 0.353. The highest BCUT2D eigenvalue weighted by Gasteiger charge is 2.20. The van der Waals surface area contributed by atoms with Crippen molar-refractivity contribution in [2.75, 3.05) is 0 Å². The Morgan fingerprint density at radius 1 is 1.23 bits per heavy atom. The van der Waals surface area contributed by atoms with E-state index in [1.54, 1.807) is 6.07 Å². The summed E-state index contributed by atoms with van der Waals surface area (Å²) in [6.07, 6.45) is 6.68. The summed E-state index contributed by atoms with van der Waals surface area (Å²) in [5.41, 5.74) is 3.56. The van der Waals surface area contributed by atoms with Crippen LogP contribution in [0.5, 0.6) is 0 Å². The summed E-state index contributed by atoms with van der Waals surface area (Å²) < 4.78 is 0. The molecular weight excluding hydrogens is 278 g/mol. The van der Waals surface area contributed by atoms with E-state index >= 15 is 0 Å². The van der Waals surface area contributed by atoms with Gasteiger partial charge in [-0.3, -0.25) is 9.59 Å². The van der Waals surface area contributed by atoms with Gasteiger partial charge < -0.3 is 4.98 Å². The van der Waals surface area contributed by atoms with Crippen molar-refractivity contribution in [2.45, 2.75) is 32.1 Å². The number of rotatable bonds is 3. The van der Waals surface area contributed by atoms with Gasteiger partial charge in [-0.1, -0.05) is 37.5 Å². The molecule has 5 nitrogen and oxygen atoms in total. The van der Waals surface area contributed by atoms with Crippen molar-refractivity contribution in [1.29, 1.82) is 0 Å². The lowest BCUT2D eigenvalue weighted by Crippen LogP contribution is -2.28. The molecule has 114 valence electrons. The number of hydrogen-bond donors (Lipinski definition) is 2. The number of aromatic amines is 1. The first-order chi connectivity index (χ1) is 10.7. The molecule has 0 saturated heterocycles. The first-order valence-corrected chi connectivity index (χ1v) is 7.69. The summed E-state index contributed by atoms with van der Waals surface area (Å²) in [6.45, 7) is 0. The van der Waals surface area contributed by atoms with Crippen LogP contribution in [0.25, 0.3) is 10.9 Å². The number of nitrogens with zero attached hydrogens (tertiary/aromatic N) is 1. The zero-order valence-corrected chi connectivity index (χ0v) is 12.3. The number of H-pyrrole nitrogens is 1. The fourth-order valence-electron chi connectivity index (χ4n) is 2.88. The van der Waals surface area contributed by atoms with Gasteiger partial charge in [-0.05, 0) is 30.4 Å². The monoisotopic (exact) mass is 297 g/mol. The second kappa shape index (κ2) is 6.56. The summed E-state index contributed by atoms with van der Waals surface area (Å²) >= 11 is 0. The van der Waals surface area contributed by atoms with Gasteiger partial charge in [0.15, 0.2) is 0 Å². The molecule has 0 radical (unpaired) electrons. The van der Waals surface area contributed by atoms with Crippen LogP contribution in [-0.4, -0.2) is 17.1 Å². The highest BCUT2D eigenvalue weighted by Crippen LogP contribution is 2.23. The molecule has 22 heavy (non-hydrogen) atoms. The van der Waals surface area contributed by atoms with Crippen LogP contribution in [0.15, 0.2) is 40.2 Å². The molecule has 1 amide bonds. The van der Waals surface area contributed by atoms with Crippen LogP contribution in [0.4, 0.5) is 0 Å². The smallest absolute Gasteiger partial charge is 0.257 e. The van der Waals surface area contributed by atoms with Crippen LogP contribution in [0, 0.1) is 5.92 Å². The molecule has 0 unspecified atom stereocenters. The second-order valence-electron chi connectivity index (χ2n) is 5.71. The third kappa shape index (κ3) is 3.24. The molecule has 1 heterocycles. The Hall–Kier alpha value is -2.43. The number of carbonyl (C=O) groups excluding carboxylic acids is 1. The van der Waals surface area contributed by atoms with Crippen molar-refractivity contribution < 1.29 is 4.79 Å². The van der Waals surface area contributed by atoms with Gasteiger partial charge in [-0.15, -0.1) is 0 Å². The molecule has 0 bridgehead atoms. The maximum atomic E-state index is 12.0. The maximum Gasteiger partial charge on any atom is 0.257 e. The molecule has 5 heteroatoms. The molecule has 2 aromatic rings. The first-order valence-electron chi connectivity index (χ1n) is 7.69. The van der Waals surface area contributed by atoms with Gasteiger partial charge in [0.2, 0.25) is 5.91 Å². The van der Waals surface area contributed by atoms with Crippen molar-refractivity contribution in [3.05, 3.63) is 46.2 Å². The Kier molecular flexibility index (Phi) is 4.32. The van der Waals surface area contributed by atoms with E-state index in [4.69, 9.17) is 0 Å². The van der Waals surface area contributed by atoms with E-state index in [1.165, 1.54) is 12.6 Å². The van der Waals surface area contributed by atoms with Gasteiger partial charge in [0.1, 0.15) is 0 Å². The zero-order chi connectivity index (χ0) is 15.4. The molecule has 3 rings (SSSR count). The van der Waals surface area contributed by atoms with Gasteiger partial charge in [0.05, 0.1) is 11.8 Å². The van der Waals surface area contributed by atoms with Crippen LogP contribution in [0.1, 0.15) is 37.7 Å². The van der Waals surface area contributed by atoms with Gasteiger partial charge in [-0.2, -0.15) is 5.10 Å². The second-order valence-corrected chi connectivity index (χ2v) is 5.71. The average Bonchev–Trinajstić information content (AvgIpc) is 2.56. The molecule has 1 aliphatic rings. The summed E-state index contributed by atoms with van der Waals surface area (Å²) in [5.74, 6) is 0.00829. The Morgan fingerprint density at radius 2 is 2.00 bits per heavy atom. The summed E-state index contributed by atoms with van der Waals surface area (Å²) in [6, 6.07) is 9.32. The van der Waals surface area contributed by atoms with E-state index in [0.717, 1.165) is 36.6 Å². The summed E-state index contributed by atoms with van der Waals surface area (Å²) in [7, 11) is 0. The number of fused-ring (bicyclic) bond motifs is 1. The third-order valence-corrected chi connectivity index (χ3v) is 4.14. The van der Waals surface area contributed by atoms with Crippen molar-refractivity contribution in [1.82, 2.24) is 10.4 Å². The molecule has 1 aromatic heterocycles.